The number of nitrogens with two attached hydrogens (primary N) is 1. The van der Waals surface area contributed by atoms with Crippen LogP contribution in [0.2, 0.25) is 0 Å². The normalized spacial score (nSPS) is 17.7. The van der Waals surface area contributed by atoms with Crippen LogP contribution in [0.5, 0.6) is 0 Å². The molecule has 1 aliphatic heterocycles. The molecule has 4 nitrogen and oxygen atoms in total. The molecule has 1 fully saturated rings. The van der Waals surface area contributed by atoms with Gasteiger partial charge in [-0.3, -0.25) is 9.69 Å². The van der Waals surface area contributed by atoms with Crippen molar-refractivity contribution >= 4 is 5.91 Å². The number of benzene rings is 1. The first-order chi connectivity index (χ1) is 11.0. The molecule has 0 aliphatic carbocycles. The van der Waals surface area contributed by atoms with Gasteiger partial charge in [0.25, 0.3) is 0 Å². The van der Waals surface area contributed by atoms with Gasteiger partial charge >= 0.3 is 0 Å². The van der Waals surface area contributed by atoms with Crippen molar-refractivity contribution in [3.05, 3.63) is 35.9 Å². The second kappa shape index (κ2) is 8.46. The van der Waals surface area contributed by atoms with Crippen LogP contribution in [0.1, 0.15) is 39.2 Å². The number of hydrogen-bond donors (Lipinski definition) is 1. The molecule has 0 bridgehead atoms. The van der Waals surface area contributed by atoms with Crippen LogP contribution in [0.3, 0.4) is 0 Å². The summed E-state index contributed by atoms with van der Waals surface area (Å²) < 4.78 is 0. The fourth-order valence-electron chi connectivity index (χ4n) is 3.26. The van der Waals surface area contributed by atoms with E-state index >= 15 is 0 Å². The molecule has 1 heterocycles. The summed E-state index contributed by atoms with van der Waals surface area (Å²) in [6, 6.07) is 10.8. The summed E-state index contributed by atoms with van der Waals surface area (Å²) in [4.78, 5) is 16.8. The van der Waals surface area contributed by atoms with Crippen molar-refractivity contribution in [2.24, 2.45) is 11.7 Å². The highest BCUT2D eigenvalue weighted by atomic mass is 16.2. The number of rotatable bonds is 6. The maximum Gasteiger partial charge on any atom is 0.239 e. The van der Waals surface area contributed by atoms with E-state index in [-0.39, 0.29) is 17.9 Å². The predicted octanol–water partition coefficient (Wildman–Crippen LogP) is 2.48. The Kier molecular flexibility index (Phi) is 6.60. The van der Waals surface area contributed by atoms with E-state index in [0.717, 1.165) is 39.0 Å². The molecular formula is C19H31N3O. The fourth-order valence-corrected chi connectivity index (χ4v) is 3.26. The van der Waals surface area contributed by atoms with Gasteiger partial charge in [-0.25, -0.2) is 0 Å². The van der Waals surface area contributed by atoms with Crippen molar-refractivity contribution in [3.8, 4) is 0 Å². The first-order valence-corrected chi connectivity index (χ1v) is 8.85. The molecule has 0 spiro atoms. The summed E-state index contributed by atoms with van der Waals surface area (Å²) in [6.07, 6.45) is 2.08. The van der Waals surface area contributed by atoms with Gasteiger partial charge in [-0.2, -0.15) is 0 Å². The van der Waals surface area contributed by atoms with E-state index in [4.69, 9.17) is 5.73 Å². The molecule has 1 saturated heterocycles. The van der Waals surface area contributed by atoms with E-state index in [1.165, 1.54) is 5.56 Å². The first-order valence-electron chi connectivity index (χ1n) is 8.85. The Bertz CT molecular complexity index is 481. The largest absolute Gasteiger partial charge is 0.341 e. The Labute approximate surface area is 140 Å². The molecule has 0 aromatic heterocycles. The van der Waals surface area contributed by atoms with Crippen LogP contribution in [0.15, 0.2) is 30.3 Å². The maximum absolute atomic E-state index is 12.4. The summed E-state index contributed by atoms with van der Waals surface area (Å²) in [5.74, 6) is 0.315. The summed E-state index contributed by atoms with van der Waals surface area (Å²) >= 11 is 0. The van der Waals surface area contributed by atoms with Crippen LogP contribution in [0.4, 0.5) is 0 Å². The lowest BCUT2D eigenvalue weighted by Gasteiger charge is -2.39. The number of amides is 1. The molecule has 1 aromatic carbocycles. The highest BCUT2D eigenvalue weighted by Crippen LogP contribution is 2.20. The molecule has 1 aromatic rings. The quantitative estimate of drug-likeness (QED) is 0.877. The SMILES string of the molecule is CCN(Cc1ccccc1)C1CCN(C(=O)[C@@H](N)C(C)C)CC1. The fraction of sp³-hybridized carbons (Fsp3) is 0.632. The molecule has 23 heavy (non-hydrogen) atoms. The maximum atomic E-state index is 12.4. The van der Waals surface area contributed by atoms with Crippen LogP contribution < -0.4 is 5.73 Å². The second-order valence-corrected chi connectivity index (χ2v) is 6.87. The smallest absolute Gasteiger partial charge is 0.239 e. The number of hydrogen-bond acceptors (Lipinski definition) is 3. The van der Waals surface area contributed by atoms with Crippen molar-refractivity contribution in [1.29, 1.82) is 0 Å². The Hall–Kier alpha value is -1.39. The lowest BCUT2D eigenvalue weighted by atomic mass is 9.99. The zero-order valence-corrected chi connectivity index (χ0v) is 14.7. The molecule has 1 amide bonds. The van der Waals surface area contributed by atoms with Gasteiger partial charge in [-0.05, 0) is 30.9 Å². The van der Waals surface area contributed by atoms with Crippen LogP contribution in [0, 0.1) is 5.92 Å². The van der Waals surface area contributed by atoms with E-state index in [9.17, 15) is 4.79 Å². The summed E-state index contributed by atoms with van der Waals surface area (Å²) in [5, 5.41) is 0. The topological polar surface area (TPSA) is 49.6 Å². The third-order valence-corrected chi connectivity index (χ3v) is 4.93. The van der Waals surface area contributed by atoms with E-state index < -0.39 is 0 Å². The molecule has 1 aliphatic rings. The van der Waals surface area contributed by atoms with Crippen molar-refractivity contribution in [3.63, 3.8) is 0 Å². The van der Waals surface area contributed by atoms with Gasteiger partial charge in [0.2, 0.25) is 5.91 Å². The molecule has 2 N–H and O–H groups in total. The van der Waals surface area contributed by atoms with Crippen LogP contribution in [-0.4, -0.2) is 47.4 Å². The van der Waals surface area contributed by atoms with Gasteiger partial charge in [0.15, 0.2) is 0 Å². The van der Waals surface area contributed by atoms with Crippen molar-refractivity contribution < 1.29 is 4.79 Å². The van der Waals surface area contributed by atoms with E-state index in [1.807, 2.05) is 18.7 Å². The highest BCUT2D eigenvalue weighted by Gasteiger charge is 2.29. The minimum absolute atomic E-state index is 0.115. The highest BCUT2D eigenvalue weighted by molar-refractivity contribution is 5.82. The summed E-state index contributed by atoms with van der Waals surface area (Å²) in [7, 11) is 0. The zero-order valence-electron chi connectivity index (χ0n) is 14.7. The average molecular weight is 317 g/mol. The lowest BCUT2D eigenvalue weighted by molar-refractivity contribution is -0.135. The number of piperidine rings is 1. The van der Waals surface area contributed by atoms with Crippen molar-refractivity contribution in [1.82, 2.24) is 9.80 Å². The van der Waals surface area contributed by atoms with Crippen LogP contribution in [0.25, 0.3) is 0 Å². The van der Waals surface area contributed by atoms with E-state index in [0.29, 0.717) is 6.04 Å². The molecule has 128 valence electrons. The molecule has 2 rings (SSSR count). The van der Waals surface area contributed by atoms with Gasteiger partial charge in [-0.15, -0.1) is 0 Å². The lowest BCUT2D eigenvalue weighted by Crippen LogP contribution is -2.52. The van der Waals surface area contributed by atoms with Crippen LogP contribution >= 0.6 is 0 Å². The third-order valence-electron chi connectivity index (χ3n) is 4.93. The van der Waals surface area contributed by atoms with Crippen molar-refractivity contribution in [2.75, 3.05) is 19.6 Å². The first kappa shape index (κ1) is 18.0. The molecule has 1 atom stereocenters. The molecular weight excluding hydrogens is 286 g/mol. The molecule has 0 saturated carbocycles. The molecule has 4 heteroatoms. The minimum Gasteiger partial charge on any atom is -0.341 e. The standard InChI is InChI=1S/C19H31N3O/c1-4-21(14-16-8-6-5-7-9-16)17-10-12-22(13-11-17)19(23)18(20)15(2)3/h5-9,15,17-18H,4,10-14,20H2,1-3H3/t18-/m0/s1. The monoisotopic (exact) mass is 317 g/mol. The Morgan fingerprint density at radius 2 is 1.87 bits per heavy atom. The van der Waals surface area contributed by atoms with Gasteiger partial charge in [0, 0.05) is 25.7 Å². The zero-order chi connectivity index (χ0) is 16.8. The van der Waals surface area contributed by atoms with Gasteiger partial charge in [0.05, 0.1) is 6.04 Å². The predicted molar refractivity (Wildman–Crippen MR) is 94.9 cm³/mol. The molecule has 0 unspecified atom stereocenters. The van der Waals surface area contributed by atoms with E-state index in [2.05, 4.69) is 42.2 Å². The Morgan fingerprint density at radius 3 is 2.39 bits per heavy atom. The van der Waals surface area contributed by atoms with Crippen molar-refractivity contribution in [2.45, 2.75) is 52.2 Å². The Morgan fingerprint density at radius 1 is 1.26 bits per heavy atom. The average Bonchev–Trinajstić information content (AvgIpc) is 2.59. The number of carbonyl (C=O) groups excluding carboxylic acids is 1. The minimum atomic E-state index is -0.363. The number of carbonyl (C=O) groups is 1. The number of likely N-dealkylation sites (tertiary alicyclic amines) is 1. The summed E-state index contributed by atoms with van der Waals surface area (Å²) in [6.45, 7) is 9.92. The van der Waals surface area contributed by atoms with Gasteiger partial charge < -0.3 is 10.6 Å². The molecule has 0 radical (unpaired) electrons. The third kappa shape index (κ3) is 4.79. The van der Waals surface area contributed by atoms with Gasteiger partial charge in [-0.1, -0.05) is 51.1 Å². The Balaban J connectivity index is 1.88. The van der Waals surface area contributed by atoms with Crippen LogP contribution in [-0.2, 0) is 11.3 Å². The van der Waals surface area contributed by atoms with Gasteiger partial charge in [0.1, 0.15) is 0 Å². The van der Waals surface area contributed by atoms with E-state index in [1.54, 1.807) is 0 Å². The second-order valence-electron chi connectivity index (χ2n) is 6.87. The number of nitrogens with zero attached hydrogens (tertiary/aromatic N) is 2. The summed E-state index contributed by atoms with van der Waals surface area (Å²) in [5.41, 5.74) is 7.37.